The van der Waals surface area contributed by atoms with Crippen molar-refractivity contribution in [2.24, 2.45) is 10.9 Å². The number of unbranched alkanes of at least 4 members (excludes halogenated alkanes) is 3. The third kappa shape index (κ3) is 2.23. The van der Waals surface area contributed by atoms with Gasteiger partial charge in [-0.3, -0.25) is 4.79 Å². The number of benzene rings is 1. The van der Waals surface area contributed by atoms with E-state index < -0.39 is 0 Å². The van der Waals surface area contributed by atoms with Gasteiger partial charge in [0.05, 0.1) is 5.69 Å². The van der Waals surface area contributed by atoms with E-state index in [9.17, 15) is 4.79 Å². The molecule has 4 heteroatoms. The predicted octanol–water partition coefficient (Wildman–Crippen LogP) is 2.28. The lowest BCUT2D eigenvalue weighted by atomic mass is 10.1. The van der Waals surface area contributed by atoms with Gasteiger partial charge in [0, 0.05) is 12.1 Å². The molecule has 96 valence electrons. The third-order valence-electron chi connectivity index (χ3n) is 3.26. The highest BCUT2D eigenvalue weighted by atomic mass is 16.2. The summed E-state index contributed by atoms with van der Waals surface area (Å²) in [5.41, 5.74) is 2.16. The molecule has 0 bridgehead atoms. The van der Waals surface area contributed by atoms with Gasteiger partial charge in [0.15, 0.2) is 5.71 Å². The summed E-state index contributed by atoms with van der Waals surface area (Å²) in [6, 6.07) is 7.68. The number of carbonyl (C=O) groups is 1. The smallest absolute Gasteiger partial charge is 0.279 e. The number of para-hydroxylation sites is 1. The van der Waals surface area contributed by atoms with Crippen LogP contribution >= 0.6 is 0 Å². The maximum Gasteiger partial charge on any atom is 0.279 e. The van der Waals surface area contributed by atoms with E-state index in [1.807, 2.05) is 24.3 Å². The van der Waals surface area contributed by atoms with Crippen molar-refractivity contribution in [1.29, 1.82) is 0 Å². The van der Waals surface area contributed by atoms with Crippen LogP contribution < -0.4 is 10.7 Å². The number of hydrazone groups is 1. The molecule has 1 aliphatic heterocycles. The Balaban J connectivity index is 2.14. The van der Waals surface area contributed by atoms with Crippen molar-refractivity contribution >= 4 is 17.3 Å². The first kappa shape index (κ1) is 12.6. The van der Waals surface area contributed by atoms with Gasteiger partial charge < -0.3 is 10.7 Å². The van der Waals surface area contributed by atoms with Crippen molar-refractivity contribution in [3.8, 4) is 0 Å². The van der Waals surface area contributed by atoms with Gasteiger partial charge in [0.25, 0.3) is 5.91 Å². The summed E-state index contributed by atoms with van der Waals surface area (Å²) < 4.78 is 0. The molecular formula is C14H19N3O. The van der Waals surface area contributed by atoms with Crippen LogP contribution in [0, 0.1) is 0 Å². The highest BCUT2D eigenvalue weighted by Crippen LogP contribution is 2.29. The number of rotatable bonds is 5. The molecule has 1 aliphatic rings. The quantitative estimate of drug-likeness (QED) is 0.491. The molecule has 0 radical (unpaired) electrons. The molecular weight excluding hydrogens is 226 g/mol. The largest absolute Gasteiger partial charge is 0.322 e. The molecule has 0 aromatic heterocycles. The summed E-state index contributed by atoms with van der Waals surface area (Å²) in [5, 5.41) is 3.63. The number of amides is 1. The topological polar surface area (TPSA) is 58.7 Å². The lowest BCUT2D eigenvalue weighted by Crippen LogP contribution is -2.31. The number of nitrogens with two attached hydrogens (primary N) is 1. The fourth-order valence-electron chi connectivity index (χ4n) is 2.31. The molecule has 1 aromatic carbocycles. The van der Waals surface area contributed by atoms with E-state index in [1.165, 1.54) is 12.8 Å². The number of nitrogens with zero attached hydrogens (tertiary/aromatic N) is 2. The van der Waals surface area contributed by atoms with Crippen molar-refractivity contribution in [2.45, 2.75) is 32.6 Å². The van der Waals surface area contributed by atoms with Crippen molar-refractivity contribution in [3.05, 3.63) is 29.8 Å². The van der Waals surface area contributed by atoms with Crippen LogP contribution in [0.15, 0.2) is 29.4 Å². The van der Waals surface area contributed by atoms with Crippen LogP contribution in [-0.4, -0.2) is 18.2 Å². The molecule has 0 spiro atoms. The molecule has 2 N–H and O–H groups in total. The Morgan fingerprint density at radius 3 is 2.72 bits per heavy atom. The second kappa shape index (κ2) is 5.67. The van der Waals surface area contributed by atoms with E-state index in [0.717, 1.165) is 30.6 Å². The number of hydrogen-bond acceptors (Lipinski definition) is 3. The maximum atomic E-state index is 12.2. The Hall–Kier alpha value is -1.84. The van der Waals surface area contributed by atoms with Gasteiger partial charge >= 0.3 is 0 Å². The van der Waals surface area contributed by atoms with Gasteiger partial charge in [-0.05, 0) is 12.5 Å². The second-order valence-electron chi connectivity index (χ2n) is 4.51. The van der Waals surface area contributed by atoms with Crippen LogP contribution in [0.2, 0.25) is 0 Å². The zero-order valence-electron chi connectivity index (χ0n) is 10.7. The molecule has 0 fully saturated rings. The van der Waals surface area contributed by atoms with Crippen molar-refractivity contribution in [3.63, 3.8) is 0 Å². The van der Waals surface area contributed by atoms with Gasteiger partial charge in [-0.1, -0.05) is 44.4 Å². The fraction of sp³-hybridized carbons (Fsp3) is 0.429. The van der Waals surface area contributed by atoms with Crippen LogP contribution in [-0.2, 0) is 4.79 Å². The zero-order chi connectivity index (χ0) is 13.0. The Kier molecular flexibility index (Phi) is 3.97. The van der Waals surface area contributed by atoms with E-state index >= 15 is 0 Å². The molecule has 18 heavy (non-hydrogen) atoms. The molecule has 0 atom stereocenters. The lowest BCUT2D eigenvalue weighted by molar-refractivity contribution is -0.112. The Bertz CT molecular complexity index is 468. The first-order valence-corrected chi connectivity index (χ1v) is 6.48. The van der Waals surface area contributed by atoms with Gasteiger partial charge in [0.1, 0.15) is 0 Å². The lowest BCUT2D eigenvalue weighted by Gasteiger charge is -2.16. The minimum absolute atomic E-state index is 0.0739. The van der Waals surface area contributed by atoms with Crippen molar-refractivity contribution in [2.75, 3.05) is 11.4 Å². The van der Waals surface area contributed by atoms with Gasteiger partial charge in [0.2, 0.25) is 0 Å². The van der Waals surface area contributed by atoms with Gasteiger partial charge in [-0.15, -0.1) is 0 Å². The first-order valence-electron chi connectivity index (χ1n) is 6.48. The van der Waals surface area contributed by atoms with Crippen LogP contribution in [0.25, 0.3) is 0 Å². The van der Waals surface area contributed by atoms with Crippen LogP contribution in [0.5, 0.6) is 0 Å². The predicted molar refractivity (Wildman–Crippen MR) is 73.7 cm³/mol. The minimum atomic E-state index is -0.0739. The molecule has 1 heterocycles. The summed E-state index contributed by atoms with van der Waals surface area (Å²) in [6.45, 7) is 2.92. The minimum Gasteiger partial charge on any atom is -0.322 e. The van der Waals surface area contributed by atoms with Gasteiger partial charge in [-0.25, -0.2) is 0 Å². The number of hydrogen-bond donors (Lipinski definition) is 1. The van der Waals surface area contributed by atoms with Crippen molar-refractivity contribution in [1.82, 2.24) is 0 Å². The second-order valence-corrected chi connectivity index (χ2v) is 4.51. The normalized spacial score (nSPS) is 16.4. The zero-order valence-corrected chi connectivity index (χ0v) is 10.7. The first-order chi connectivity index (χ1) is 8.79. The molecule has 0 unspecified atom stereocenters. The Morgan fingerprint density at radius 1 is 1.22 bits per heavy atom. The average molecular weight is 245 g/mol. The highest BCUT2D eigenvalue weighted by molar-refractivity contribution is 6.54. The summed E-state index contributed by atoms with van der Waals surface area (Å²) in [4.78, 5) is 14.0. The van der Waals surface area contributed by atoms with Crippen LogP contribution in [0.4, 0.5) is 5.69 Å². The molecule has 1 amide bonds. The van der Waals surface area contributed by atoms with E-state index in [0.29, 0.717) is 5.71 Å². The third-order valence-corrected chi connectivity index (χ3v) is 3.26. The number of carbonyl (C=O) groups excluding carboxylic acids is 1. The Labute approximate surface area is 107 Å². The Morgan fingerprint density at radius 2 is 2.00 bits per heavy atom. The summed E-state index contributed by atoms with van der Waals surface area (Å²) in [5.74, 6) is 5.24. The number of anilines is 1. The van der Waals surface area contributed by atoms with E-state index in [1.54, 1.807) is 4.90 Å². The summed E-state index contributed by atoms with van der Waals surface area (Å²) >= 11 is 0. The van der Waals surface area contributed by atoms with Crippen LogP contribution in [0.3, 0.4) is 0 Å². The van der Waals surface area contributed by atoms with Crippen molar-refractivity contribution < 1.29 is 4.79 Å². The van der Waals surface area contributed by atoms with E-state index in [4.69, 9.17) is 5.84 Å². The molecule has 1 aromatic rings. The molecule has 2 rings (SSSR count). The molecule has 0 saturated heterocycles. The SMILES string of the molecule is CCCCCCN1C(=O)C(=NN)c2ccccc21. The molecule has 0 saturated carbocycles. The van der Waals surface area contributed by atoms with Crippen LogP contribution in [0.1, 0.15) is 38.2 Å². The summed E-state index contributed by atoms with van der Waals surface area (Å²) in [6.07, 6.45) is 4.57. The summed E-state index contributed by atoms with van der Waals surface area (Å²) in [7, 11) is 0. The standard InChI is InChI=1S/C14H19N3O/c1-2-3-4-7-10-17-12-9-6-5-8-11(12)13(16-15)14(17)18/h5-6,8-9H,2-4,7,10,15H2,1H3. The maximum absolute atomic E-state index is 12.2. The van der Waals surface area contributed by atoms with Gasteiger partial charge in [-0.2, -0.15) is 5.10 Å². The van der Waals surface area contributed by atoms with E-state index in [-0.39, 0.29) is 5.91 Å². The van der Waals surface area contributed by atoms with E-state index in [2.05, 4.69) is 12.0 Å². The highest BCUT2D eigenvalue weighted by Gasteiger charge is 2.32. The fourth-order valence-corrected chi connectivity index (χ4v) is 2.31. The molecule has 0 aliphatic carbocycles. The monoisotopic (exact) mass is 245 g/mol. The molecule has 4 nitrogen and oxygen atoms in total. The number of fused-ring (bicyclic) bond motifs is 1. The average Bonchev–Trinajstić information content (AvgIpc) is 2.67.